The standard InChI is InChI=1S/C17H20ClN3OS/c1-11-15(17(22)21-9-7-14(19-2)8-10-21)23-16(20-11)12-3-5-13(18)6-4-12/h3-6,14,19H,7-10H2,1-2H3. The lowest BCUT2D eigenvalue weighted by molar-refractivity contribution is 0.0711. The molecule has 0 aliphatic carbocycles. The Hall–Kier alpha value is -1.43. The van der Waals surface area contributed by atoms with Gasteiger partial charge in [-0.15, -0.1) is 11.3 Å². The van der Waals surface area contributed by atoms with E-state index >= 15 is 0 Å². The van der Waals surface area contributed by atoms with E-state index in [4.69, 9.17) is 11.6 Å². The number of hydrogen-bond donors (Lipinski definition) is 1. The van der Waals surface area contributed by atoms with E-state index in [-0.39, 0.29) is 5.91 Å². The third-order valence-electron chi connectivity index (χ3n) is 4.27. The van der Waals surface area contributed by atoms with Gasteiger partial charge in [-0.05, 0) is 38.9 Å². The quantitative estimate of drug-likeness (QED) is 0.920. The van der Waals surface area contributed by atoms with Crippen molar-refractivity contribution in [2.45, 2.75) is 25.8 Å². The minimum Gasteiger partial charge on any atom is -0.338 e. The predicted molar refractivity (Wildman–Crippen MR) is 95.3 cm³/mol. The molecule has 0 spiro atoms. The van der Waals surface area contributed by atoms with E-state index in [1.807, 2.05) is 43.1 Å². The molecule has 2 heterocycles. The number of thiazole rings is 1. The summed E-state index contributed by atoms with van der Waals surface area (Å²) in [5.41, 5.74) is 1.80. The molecule has 0 atom stereocenters. The maximum Gasteiger partial charge on any atom is 0.265 e. The van der Waals surface area contributed by atoms with E-state index in [0.717, 1.165) is 47.1 Å². The molecule has 4 nitrogen and oxygen atoms in total. The van der Waals surface area contributed by atoms with Crippen LogP contribution in [0.3, 0.4) is 0 Å². The lowest BCUT2D eigenvalue weighted by Gasteiger charge is -2.31. The van der Waals surface area contributed by atoms with Gasteiger partial charge in [0, 0.05) is 29.7 Å². The molecule has 0 radical (unpaired) electrons. The Bertz CT molecular complexity index is 690. The lowest BCUT2D eigenvalue weighted by Crippen LogP contribution is -2.43. The molecule has 1 aliphatic heterocycles. The average Bonchev–Trinajstić information content (AvgIpc) is 2.96. The van der Waals surface area contributed by atoms with Crippen LogP contribution in [0.15, 0.2) is 24.3 Å². The molecule has 6 heteroatoms. The minimum absolute atomic E-state index is 0.106. The van der Waals surface area contributed by atoms with Crippen molar-refractivity contribution >= 4 is 28.8 Å². The number of piperidine rings is 1. The second kappa shape index (κ2) is 6.99. The molecule has 1 amide bonds. The molecule has 23 heavy (non-hydrogen) atoms. The van der Waals surface area contributed by atoms with Crippen LogP contribution >= 0.6 is 22.9 Å². The Kier molecular flexibility index (Phi) is 4.99. The number of carbonyl (C=O) groups is 1. The fraction of sp³-hybridized carbons (Fsp3) is 0.412. The van der Waals surface area contributed by atoms with Crippen LogP contribution in [-0.2, 0) is 0 Å². The molecule has 122 valence electrons. The van der Waals surface area contributed by atoms with Gasteiger partial charge in [0.05, 0.1) is 5.69 Å². The van der Waals surface area contributed by atoms with E-state index in [0.29, 0.717) is 11.1 Å². The molecule has 0 unspecified atom stereocenters. The third-order valence-corrected chi connectivity index (χ3v) is 5.72. The number of amides is 1. The van der Waals surface area contributed by atoms with Gasteiger partial charge in [-0.25, -0.2) is 4.98 Å². The molecular formula is C17H20ClN3OS. The van der Waals surface area contributed by atoms with E-state index in [1.165, 1.54) is 11.3 Å². The van der Waals surface area contributed by atoms with E-state index in [1.54, 1.807) is 0 Å². The van der Waals surface area contributed by atoms with Crippen molar-refractivity contribution in [3.8, 4) is 10.6 Å². The van der Waals surface area contributed by atoms with Gasteiger partial charge in [0.15, 0.2) is 0 Å². The number of likely N-dealkylation sites (tertiary alicyclic amines) is 1. The Balaban J connectivity index is 1.78. The zero-order valence-electron chi connectivity index (χ0n) is 13.3. The number of halogens is 1. The van der Waals surface area contributed by atoms with Crippen LogP contribution in [0.5, 0.6) is 0 Å². The summed E-state index contributed by atoms with van der Waals surface area (Å²) in [4.78, 5) is 20.0. The van der Waals surface area contributed by atoms with Gasteiger partial charge < -0.3 is 10.2 Å². The van der Waals surface area contributed by atoms with Gasteiger partial charge in [-0.2, -0.15) is 0 Å². The molecule has 1 N–H and O–H groups in total. The van der Waals surface area contributed by atoms with Crippen molar-refractivity contribution in [3.05, 3.63) is 39.9 Å². The number of benzene rings is 1. The fourth-order valence-electron chi connectivity index (χ4n) is 2.83. The maximum absolute atomic E-state index is 12.8. The highest BCUT2D eigenvalue weighted by Gasteiger charge is 2.26. The summed E-state index contributed by atoms with van der Waals surface area (Å²) in [6.45, 7) is 3.51. The highest BCUT2D eigenvalue weighted by atomic mass is 35.5. The average molecular weight is 350 g/mol. The van der Waals surface area contributed by atoms with Crippen molar-refractivity contribution in [1.29, 1.82) is 0 Å². The van der Waals surface area contributed by atoms with Gasteiger partial charge in [0.2, 0.25) is 0 Å². The number of rotatable bonds is 3. The lowest BCUT2D eigenvalue weighted by atomic mass is 10.1. The van der Waals surface area contributed by atoms with E-state index in [9.17, 15) is 4.79 Å². The number of nitrogens with one attached hydrogen (secondary N) is 1. The van der Waals surface area contributed by atoms with Gasteiger partial charge in [0.25, 0.3) is 5.91 Å². The number of hydrogen-bond acceptors (Lipinski definition) is 4. The zero-order valence-corrected chi connectivity index (χ0v) is 14.9. The molecule has 1 aromatic heterocycles. The first-order chi connectivity index (χ1) is 11.1. The first-order valence-electron chi connectivity index (χ1n) is 7.78. The second-order valence-electron chi connectivity index (χ2n) is 5.80. The summed E-state index contributed by atoms with van der Waals surface area (Å²) in [6.07, 6.45) is 2.01. The molecule has 1 saturated heterocycles. The largest absolute Gasteiger partial charge is 0.338 e. The zero-order chi connectivity index (χ0) is 16.4. The first-order valence-corrected chi connectivity index (χ1v) is 8.98. The first kappa shape index (κ1) is 16.4. The summed E-state index contributed by atoms with van der Waals surface area (Å²) >= 11 is 7.39. The van der Waals surface area contributed by atoms with Gasteiger partial charge in [-0.1, -0.05) is 23.7 Å². The van der Waals surface area contributed by atoms with Gasteiger partial charge in [-0.3, -0.25) is 4.79 Å². The maximum atomic E-state index is 12.8. The summed E-state index contributed by atoms with van der Waals surface area (Å²) in [6, 6.07) is 8.08. The molecule has 2 aromatic rings. The van der Waals surface area contributed by atoms with Crippen LogP contribution < -0.4 is 5.32 Å². The number of nitrogens with zero attached hydrogens (tertiary/aromatic N) is 2. The second-order valence-corrected chi connectivity index (χ2v) is 7.23. The topological polar surface area (TPSA) is 45.2 Å². The molecule has 3 rings (SSSR count). The smallest absolute Gasteiger partial charge is 0.265 e. The normalized spacial score (nSPS) is 15.9. The van der Waals surface area contributed by atoms with Crippen LogP contribution in [0, 0.1) is 6.92 Å². The molecule has 0 bridgehead atoms. The summed E-state index contributed by atoms with van der Waals surface area (Å²) < 4.78 is 0. The molecule has 1 fully saturated rings. The highest BCUT2D eigenvalue weighted by molar-refractivity contribution is 7.17. The van der Waals surface area contributed by atoms with Crippen LogP contribution in [0.4, 0.5) is 0 Å². The molecule has 1 aliphatic rings. The monoisotopic (exact) mass is 349 g/mol. The van der Waals surface area contributed by atoms with Crippen LogP contribution in [0.1, 0.15) is 28.2 Å². The van der Waals surface area contributed by atoms with Crippen LogP contribution in [0.2, 0.25) is 5.02 Å². The molecular weight excluding hydrogens is 330 g/mol. The van der Waals surface area contributed by atoms with Crippen molar-refractivity contribution < 1.29 is 4.79 Å². The number of aromatic nitrogens is 1. The van der Waals surface area contributed by atoms with Crippen LogP contribution in [0.25, 0.3) is 10.6 Å². The van der Waals surface area contributed by atoms with Crippen molar-refractivity contribution in [3.63, 3.8) is 0 Å². The Labute approximate surface area is 145 Å². The van der Waals surface area contributed by atoms with Gasteiger partial charge >= 0.3 is 0 Å². The summed E-state index contributed by atoms with van der Waals surface area (Å²) in [5, 5.41) is 4.85. The van der Waals surface area contributed by atoms with Crippen LogP contribution in [-0.4, -0.2) is 42.0 Å². The number of carbonyl (C=O) groups excluding carboxylic acids is 1. The number of aryl methyl sites for hydroxylation is 1. The minimum atomic E-state index is 0.106. The van der Waals surface area contributed by atoms with Gasteiger partial charge in [0.1, 0.15) is 9.88 Å². The molecule has 0 saturated carbocycles. The Morgan fingerprint density at radius 2 is 1.96 bits per heavy atom. The fourth-order valence-corrected chi connectivity index (χ4v) is 3.99. The third kappa shape index (κ3) is 3.57. The van der Waals surface area contributed by atoms with Crippen molar-refractivity contribution in [2.24, 2.45) is 0 Å². The SMILES string of the molecule is CNC1CCN(C(=O)c2sc(-c3ccc(Cl)cc3)nc2C)CC1. The summed E-state index contributed by atoms with van der Waals surface area (Å²) in [7, 11) is 1.98. The van der Waals surface area contributed by atoms with E-state index < -0.39 is 0 Å². The Morgan fingerprint density at radius 3 is 2.57 bits per heavy atom. The molecule has 1 aromatic carbocycles. The highest BCUT2D eigenvalue weighted by Crippen LogP contribution is 2.30. The Morgan fingerprint density at radius 1 is 1.30 bits per heavy atom. The van der Waals surface area contributed by atoms with Crippen molar-refractivity contribution in [1.82, 2.24) is 15.2 Å². The van der Waals surface area contributed by atoms with E-state index in [2.05, 4.69) is 10.3 Å². The predicted octanol–water partition coefficient (Wildman–Crippen LogP) is 3.60. The van der Waals surface area contributed by atoms with Crippen molar-refractivity contribution in [2.75, 3.05) is 20.1 Å². The summed E-state index contributed by atoms with van der Waals surface area (Å²) in [5.74, 6) is 0.106.